The molecule has 2 aliphatic rings. The molecule has 1 fully saturated rings. The van der Waals surface area contributed by atoms with E-state index in [1.807, 2.05) is 11.3 Å². The molecule has 1 aliphatic carbocycles. The van der Waals surface area contributed by atoms with E-state index < -0.39 is 0 Å². The van der Waals surface area contributed by atoms with Gasteiger partial charge in [0, 0.05) is 18.0 Å². The fraction of sp³-hybridized carbons (Fsp3) is 0.455. The van der Waals surface area contributed by atoms with Crippen molar-refractivity contribution >= 4 is 21.6 Å². The minimum Gasteiger partial charge on any atom is -0.438 e. The molecule has 1 aliphatic heterocycles. The van der Waals surface area contributed by atoms with Gasteiger partial charge in [-0.1, -0.05) is 12.1 Å². The normalized spacial score (nSPS) is 17.2. The molecule has 3 heterocycles. The van der Waals surface area contributed by atoms with Crippen molar-refractivity contribution in [1.82, 2.24) is 14.9 Å². The van der Waals surface area contributed by atoms with Gasteiger partial charge in [0.15, 0.2) is 0 Å². The number of thiophene rings is 1. The van der Waals surface area contributed by atoms with Crippen molar-refractivity contribution in [3.05, 3.63) is 45.6 Å². The molecule has 146 valence electrons. The zero-order chi connectivity index (χ0) is 19.1. The van der Waals surface area contributed by atoms with Gasteiger partial charge in [-0.3, -0.25) is 4.90 Å². The van der Waals surface area contributed by atoms with E-state index in [2.05, 4.69) is 36.9 Å². The fourth-order valence-corrected chi connectivity index (χ4v) is 5.30. The lowest BCUT2D eigenvalue weighted by Crippen LogP contribution is -2.36. The van der Waals surface area contributed by atoms with Crippen LogP contribution in [-0.4, -0.2) is 41.2 Å². The molecule has 0 N–H and O–H groups in total. The maximum atomic E-state index is 6.43. The Morgan fingerprint density at radius 2 is 2.00 bits per heavy atom. The van der Waals surface area contributed by atoms with E-state index in [0.29, 0.717) is 0 Å². The average molecular weight is 396 g/mol. The molecule has 0 saturated carbocycles. The fourth-order valence-electron chi connectivity index (χ4n) is 4.03. The molecule has 5 rings (SSSR count). The Bertz CT molecular complexity index is 1020. The molecule has 0 unspecified atom stereocenters. The molecule has 28 heavy (non-hydrogen) atoms. The quantitative estimate of drug-likeness (QED) is 0.654. The van der Waals surface area contributed by atoms with Crippen LogP contribution in [0.25, 0.3) is 10.2 Å². The number of aryl methyl sites for hydroxylation is 4. The molecule has 0 atom stereocenters. The summed E-state index contributed by atoms with van der Waals surface area (Å²) in [5.41, 5.74) is 3.71. The van der Waals surface area contributed by atoms with Crippen LogP contribution in [0.1, 0.15) is 33.8 Å². The topological polar surface area (TPSA) is 47.5 Å². The van der Waals surface area contributed by atoms with E-state index in [0.717, 1.165) is 78.9 Å². The Hall–Kier alpha value is -2.02. The molecule has 2 aromatic heterocycles. The Kier molecular flexibility index (Phi) is 4.78. The number of ether oxygens (including phenoxy) is 2. The Labute approximate surface area is 169 Å². The molecule has 0 spiro atoms. The summed E-state index contributed by atoms with van der Waals surface area (Å²) in [6.45, 7) is 8.33. The summed E-state index contributed by atoms with van der Waals surface area (Å²) >= 11 is 1.82. The monoisotopic (exact) mass is 395 g/mol. The highest BCUT2D eigenvalue weighted by Gasteiger charge is 2.24. The first-order chi connectivity index (χ1) is 13.7. The third-order valence-corrected chi connectivity index (χ3v) is 6.78. The van der Waals surface area contributed by atoms with Gasteiger partial charge < -0.3 is 9.47 Å². The van der Waals surface area contributed by atoms with Crippen molar-refractivity contribution in [3.63, 3.8) is 0 Å². The van der Waals surface area contributed by atoms with Crippen LogP contribution in [-0.2, 0) is 24.1 Å². The molecular formula is C22H25N3O2S. The molecular weight excluding hydrogens is 370 g/mol. The van der Waals surface area contributed by atoms with E-state index in [1.165, 1.54) is 22.4 Å². The van der Waals surface area contributed by atoms with Crippen molar-refractivity contribution in [3.8, 4) is 11.6 Å². The van der Waals surface area contributed by atoms with Gasteiger partial charge in [-0.05, 0) is 55.9 Å². The number of morpholine rings is 1. The number of fused-ring (bicyclic) bond motifs is 3. The van der Waals surface area contributed by atoms with Crippen LogP contribution < -0.4 is 4.74 Å². The molecule has 0 bridgehead atoms. The lowest BCUT2D eigenvalue weighted by molar-refractivity contribution is 0.0330. The zero-order valence-corrected chi connectivity index (χ0v) is 17.3. The van der Waals surface area contributed by atoms with Crippen molar-refractivity contribution in [2.24, 2.45) is 0 Å². The van der Waals surface area contributed by atoms with Crippen LogP contribution in [0, 0.1) is 13.8 Å². The van der Waals surface area contributed by atoms with Crippen LogP contribution in [0.4, 0.5) is 0 Å². The van der Waals surface area contributed by atoms with Crippen LogP contribution in [0.5, 0.6) is 11.6 Å². The second-order valence-electron chi connectivity index (χ2n) is 7.74. The minimum absolute atomic E-state index is 0.723. The standard InChI is InChI=1S/C22H25N3O2S/c1-14-6-7-15(2)17(12-14)27-21-20-16-4-3-5-18(16)28-22(20)24-19(23-21)13-25-8-10-26-11-9-25/h6-7,12H,3-5,8-11,13H2,1-2H3. The molecule has 6 heteroatoms. The number of hydrogen-bond donors (Lipinski definition) is 0. The first-order valence-corrected chi connectivity index (χ1v) is 10.9. The number of aromatic nitrogens is 2. The van der Waals surface area contributed by atoms with Crippen molar-refractivity contribution in [1.29, 1.82) is 0 Å². The lowest BCUT2D eigenvalue weighted by Gasteiger charge is -2.25. The SMILES string of the molecule is Cc1ccc(C)c(Oc2nc(CN3CCOCC3)nc3sc4c(c23)CCC4)c1. The van der Waals surface area contributed by atoms with E-state index in [-0.39, 0.29) is 0 Å². The second kappa shape index (κ2) is 7.43. The predicted molar refractivity (Wildman–Crippen MR) is 112 cm³/mol. The lowest BCUT2D eigenvalue weighted by atomic mass is 10.1. The second-order valence-corrected chi connectivity index (χ2v) is 8.83. The summed E-state index contributed by atoms with van der Waals surface area (Å²) in [6.07, 6.45) is 3.47. The molecule has 1 saturated heterocycles. The zero-order valence-electron chi connectivity index (χ0n) is 16.5. The highest BCUT2D eigenvalue weighted by molar-refractivity contribution is 7.19. The molecule has 0 amide bonds. The van der Waals surface area contributed by atoms with Crippen LogP contribution in [0.3, 0.4) is 0 Å². The van der Waals surface area contributed by atoms with Crippen LogP contribution in [0.2, 0.25) is 0 Å². The van der Waals surface area contributed by atoms with E-state index in [9.17, 15) is 0 Å². The van der Waals surface area contributed by atoms with E-state index >= 15 is 0 Å². The molecule has 0 radical (unpaired) electrons. The maximum Gasteiger partial charge on any atom is 0.231 e. The average Bonchev–Trinajstić information content (AvgIpc) is 3.26. The first kappa shape index (κ1) is 18.0. The van der Waals surface area contributed by atoms with Crippen molar-refractivity contribution in [2.45, 2.75) is 39.7 Å². The number of benzene rings is 1. The van der Waals surface area contributed by atoms with Gasteiger partial charge in [0.25, 0.3) is 0 Å². The Morgan fingerprint density at radius 3 is 2.86 bits per heavy atom. The Balaban J connectivity index is 1.57. The van der Waals surface area contributed by atoms with Gasteiger partial charge >= 0.3 is 0 Å². The van der Waals surface area contributed by atoms with E-state index in [1.54, 1.807) is 0 Å². The number of nitrogens with zero attached hydrogens (tertiary/aromatic N) is 3. The number of rotatable bonds is 4. The molecule has 3 aromatic rings. The summed E-state index contributed by atoms with van der Waals surface area (Å²) < 4.78 is 11.9. The highest BCUT2D eigenvalue weighted by Crippen LogP contribution is 2.42. The third kappa shape index (κ3) is 3.41. The minimum atomic E-state index is 0.723. The van der Waals surface area contributed by atoms with Gasteiger partial charge in [0.1, 0.15) is 16.4 Å². The van der Waals surface area contributed by atoms with Gasteiger partial charge in [0.2, 0.25) is 5.88 Å². The third-order valence-electron chi connectivity index (χ3n) is 5.60. The Morgan fingerprint density at radius 1 is 1.14 bits per heavy atom. The molecule has 1 aromatic carbocycles. The smallest absolute Gasteiger partial charge is 0.231 e. The molecule has 5 nitrogen and oxygen atoms in total. The maximum absolute atomic E-state index is 6.43. The first-order valence-electron chi connectivity index (χ1n) is 10.0. The van der Waals surface area contributed by atoms with Crippen molar-refractivity contribution < 1.29 is 9.47 Å². The van der Waals surface area contributed by atoms with Gasteiger partial charge in [-0.2, -0.15) is 4.98 Å². The summed E-state index contributed by atoms with van der Waals surface area (Å²) in [7, 11) is 0. The van der Waals surface area contributed by atoms with Crippen molar-refractivity contribution in [2.75, 3.05) is 26.3 Å². The van der Waals surface area contributed by atoms with Gasteiger partial charge in [-0.25, -0.2) is 4.98 Å². The van der Waals surface area contributed by atoms with Crippen LogP contribution >= 0.6 is 11.3 Å². The summed E-state index contributed by atoms with van der Waals surface area (Å²) in [6, 6.07) is 6.32. The number of hydrogen-bond acceptors (Lipinski definition) is 6. The summed E-state index contributed by atoms with van der Waals surface area (Å²) in [4.78, 5) is 14.7. The van der Waals surface area contributed by atoms with Crippen LogP contribution in [0.15, 0.2) is 18.2 Å². The predicted octanol–water partition coefficient (Wildman–Crippen LogP) is 4.42. The summed E-state index contributed by atoms with van der Waals surface area (Å²) in [5.74, 6) is 2.45. The van der Waals surface area contributed by atoms with Gasteiger partial charge in [0.05, 0.1) is 25.1 Å². The van der Waals surface area contributed by atoms with Gasteiger partial charge in [-0.15, -0.1) is 11.3 Å². The van der Waals surface area contributed by atoms with E-state index in [4.69, 9.17) is 19.4 Å². The largest absolute Gasteiger partial charge is 0.438 e. The highest BCUT2D eigenvalue weighted by atomic mass is 32.1. The summed E-state index contributed by atoms with van der Waals surface area (Å²) in [5, 5.41) is 1.13.